The molecule has 0 spiro atoms. The topological polar surface area (TPSA) is 55.1 Å². The molecule has 0 fully saturated rings. The number of amides is 1. The quantitative estimate of drug-likeness (QED) is 0.824. The van der Waals surface area contributed by atoms with Gasteiger partial charge in [0.15, 0.2) is 0 Å². The Morgan fingerprint density at radius 3 is 2.71 bits per heavy atom. The molecule has 0 aromatic heterocycles. The van der Waals surface area contributed by atoms with Gasteiger partial charge in [-0.1, -0.05) is 20.3 Å². The fraction of sp³-hybridized carbons (Fsp3) is 0.462. The molecule has 2 unspecified atom stereocenters. The van der Waals surface area contributed by atoms with Gasteiger partial charge in [0.1, 0.15) is 0 Å². The third-order valence-electron chi connectivity index (χ3n) is 3.01. The van der Waals surface area contributed by atoms with Crippen LogP contribution in [-0.4, -0.2) is 11.9 Å². The van der Waals surface area contributed by atoms with Crippen molar-refractivity contribution >= 4 is 34.2 Å². The van der Waals surface area contributed by atoms with Crippen LogP contribution in [0.25, 0.3) is 0 Å². The highest BCUT2D eigenvalue weighted by molar-refractivity contribution is 14.1. The summed E-state index contributed by atoms with van der Waals surface area (Å²) in [6.07, 6.45) is 0.903. The molecule has 0 saturated carbocycles. The van der Waals surface area contributed by atoms with Crippen molar-refractivity contribution in [1.82, 2.24) is 0 Å². The third kappa shape index (κ3) is 3.96. The second-order valence-electron chi connectivity index (χ2n) is 4.36. The van der Waals surface area contributed by atoms with Crippen LogP contribution in [0.2, 0.25) is 0 Å². The van der Waals surface area contributed by atoms with Gasteiger partial charge in [0.2, 0.25) is 5.91 Å². The number of nitrogens with two attached hydrogens (primary N) is 1. The summed E-state index contributed by atoms with van der Waals surface area (Å²) < 4.78 is 1.16. The first-order chi connectivity index (χ1) is 7.95. The first-order valence-electron chi connectivity index (χ1n) is 5.78. The number of hydrogen-bond donors (Lipinski definition) is 2. The number of benzene rings is 1. The van der Waals surface area contributed by atoms with E-state index in [2.05, 4.69) is 27.9 Å². The molecule has 17 heavy (non-hydrogen) atoms. The van der Waals surface area contributed by atoms with Crippen LogP contribution in [-0.2, 0) is 4.79 Å². The summed E-state index contributed by atoms with van der Waals surface area (Å²) >= 11 is 2.25. The Labute approximate surface area is 116 Å². The number of halogens is 1. The molecule has 0 saturated heterocycles. The average molecular weight is 346 g/mol. The van der Waals surface area contributed by atoms with E-state index >= 15 is 0 Å². The number of rotatable bonds is 4. The highest BCUT2D eigenvalue weighted by Crippen LogP contribution is 2.18. The molecule has 0 aliphatic rings. The van der Waals surface area contributed by atoms with Crippen LogP contribution in [0.1, 0.15) is 25.8 Å². The standard InChI is InChI=1S/C13H19IN2O/c1-4-8(2)12(15)13(17)16-11-6-5-10(14)7-9(11)3/h5-8,12H,4,15H2,1-3H3,(H,16,17). The van der Waals surface area contributed by atoms with E-state index in [0.717, 1.165) is 21.2 Å². The van der Waals surface area contributed by atoms with Crippen molar-refractivity contribution in [2.75, 3.05) is 5.32 Å². The van der Waals surface area contributed by atoms with E-state index in [-0.39, 0.29) is 11.8 Å². The van der Waals surface area contributed by atoms with Gasteiger partial charge >= 0.3 is 0 Å². The fourth-order valence-electron chi connectivity index (χ4n) is 1.50. The summed E-state index contributed by atoms with van der Waals surface area (Å²) in [5.41, 5.74) is 7.78. The molecule has 1 aromatic rings. The smallest absolute Gasteiger partial charge is 0.241 e. The SMILES string of the molecule is CCC(C)C(N)C(=O)Nc1ccc(I)cc1C. The Bertz CT molecular complexity index is 406. The van der Waals surface area contributed by atoms with E-state index in [1.54, 1.807) is 0 Å². The van der Waals surface area contributed by atoms with Gasteiger partial charge in [0.05, 0.1) is 6.04 Å². The normalized spacial score (nSPS) is 14.2. The van der Waals surface area contributed by atoms with E-state index < -0.39 is 6.04 Å². The largest absolute Gasteiger partial charge is 0.324 e. The third-order valence-corrected chi connectivity index (χ3v) is 3.68. The second kappa shape index (κ2) is 6.35. The first kappa shape index (κ1) is 14.4. The summed E-state index contributed by atoms with van der Waals surface area (Å²) in [6, 6.07) is 5.47. The second-order valence-corrected chi connectivity index (χ2v) is 5.61. The van der Waals surface area contributed by atoms with Crippen LogP contribution in [0.3, 0.4) is 0 Å². The Kier molecular flexibility index (Phi) is 5.39. The van der Waals surface area contributed by atoms with E-state index in [0.29, 0.717) is 0 Å². The van der Waals surface area contributed by atoms with E-state index in [1.165, 1.54) is 0 Å². The zero-order chi connectivity index (χ0) is 13.0. The van der Waals surface area contributed by atoms with Gasteiger partial charge < -0.3 is 11.1 Å². The Balaban J connectivity index is 2.74. The molecule has 3 N–H and O–H groups in total. The predicted molar refractivity (Wildman–Crippen MR) is 80.0 cm³/mol. The monoisotopic (exact) mass is 346 g/mol. The van der Waals surface area contributed by atoms with Crippen molar-refractivity contribution in [1.29, 1.82) is 0 Å². The first-order valence-corrected chi connectivity index (χ1v) is 6.86. The lowest BCUT2D eigenvalue weighted by molar-refractivity contribution is -0.118. The van der Waals surface area contributed by atoms with Crippen LogP contribution in [0, 0.1) is 16.4 Å². The van der Waals surface area contributed by atoms with Gasteiger partial charge in [0, 0.05) is 9.26 Å². The van der Waals surface area contributed by atoms with Crippen molar-refractivity contribution in [2.24, 2.45) is 11.7 Å². The van der Waals surface area contributed by atoms with Crippen molar-refractivity contribution in [2.45, 2.75) is 33.2 Å². The van der Waals surface area contributed by atoms with Gasteiger partial charge in [-0.15, -0.1) is 0 Å². The van der Waals surface area contributed by atoms with Crippen LogP contribution in [0.15, 0.2) is 18.2 Å². The van der Waals surface area contributed by atoms with E-state index in [9.17, 15) is 4.79 Å². The molecule has 0 heterocycles. The lowest BCUT2D eigenvalue weighted by Gasteiger charge is -2.18. The lowest BCUT2D eigenvalue weighted by Crippen LogP contribution is -2.40. The molecule has 0 radical (unpaired) electrons. The molecular formula is C13H19IN2O. The summed E-state index contributed by atoms with van der Waals surface area (Å²) in [7, 11) is 0. The summed E-state index contributed by atoms with van der Waals surface area (Å²) in [5.74, 6) is 0.0859. The van der Waals surface area contributed by atoms with E-state index in [1.807, 2.05) is 39.0 Å². The minimum absolute atomic E-state index is 0.108. The van der Waals surface area contributed by atoms with Gasteiger partial charge in [-0.3, -0.25) is 4.79 Å². The van der Waals surface area contributed by atoms with Gasteiger partial charge in [-0.05, 0) is 59.2 Å². The number of carbonyl (C=O) groups is 1. The Morgan fingerprint density at radius 1 is 1.53 bits per heavy atom. The van der Waals surface area contributed by atoms with Crippen molar-refractivity contribution < 1.29 is 4.79 Å². The molecule has 1 amide bonds. The molecule has 0 bridgehead atoms. The molecule has 1 aromatic carbocycles. The van der Waals surface area contributed by atoms with Gasteiger partial charge in [-0.2, -0.15) is 0 Å². The molecule has 3 nitrogen and oxygen atoms in total. The molecule has 0 aliphatic heterocycles. The molecule has 4 heteroatoms. The van der Waals surface area contributed by atoms with Crippen LogP contribution in [0.5, 0.6) is 0 Å². The van der Waals surface area contributed by atoms with Crippen LogP contribution in [0.4, 0.5) is 5.69 Å². The minimum Gasteiger partial charge on any atom is -0.324 e. The molecular weight excluding hydrogens is 327 g/mol. The minimum atomic E-state index is -0.446. The summed E-state index contributed by atoms with van der Waals surface area (Å²) in [5, 5.41) is 2.89. The number of aryl methyl sites for hydroxylation is 1. The fourth-order valence-corrected chi connectivity index (χ4v) is 2.14. The van der Waals surface area contributed by atoms with Crippen LogP contribution >= 0.6 is 22.6 Å². The summed E-state index contributed by atoms with van der Waals surface area (Å²) in [6.45, 7) is 6.01. The van der Waals surface area contributed by atoms with Crippen molar-refractivity contribution in [3.63, 3.8) is 0 Å². The molecule has 0 aliphatic carbocycles. The average Bonchev–Trinajstić information content (AvgIpc) is 2.30. The number of nitrogens with one attached hydrogen (secondary N) is 1. The molecule has 2 atom stereocenters. The Morgan fingerprint density at radius 2 is 2.18 bits per heavy atom. The van der Waals surface area contributed by atoms with Gasteiger partial charge in [0.25, 0.3) is 0 Å². The van der Waals surface area contributed by atoms with Crippen molar-refractivity contribution in [3.8, 4) is 0 Å². The zero-order valence-corrected chi connectivity index (χ0v) is 12.6. The number of anilines is 1. The molecule has 94 valence electrons. The van der Waals surface area contributed by atoms with E-state index in [4.69, 9.17) is 5.73 Å². The van der Waals surface area contributed by atoms with Crippen LogP contribution < -0.4 is 11.1 Å². The Hall–Kier alpha value is -0.620. The predicted octanol–water partition coefficient (Wildman–Crippen LogP) is 2.91. The molecule has 1 rings (SSSR count). The maximum Gasteiger partial charge on any atom is 0.241 e. The number of carbonyl (C=O) groups excluding carboxylic acids is 1. The highest BCUT2D eigenvalue weighted by atomic mass is 127. The maximum atomic E-state index is 11.9. The summed E-state index contributed by atoms with van der Waals surface area (Å²) in [4.78, 5) is 11.9. The number of hydrogen-bond acceptors (Lipinski definition) is 2. The van der Waals surface area contributed by atoms with Gasteiger partial charge in [-0.25, -0.2) is 0 Å². The maximum absolute atomic E-state index is 11.9. The highest BCUT2D eigenvalue weighted by Gasteiger charge is 2.19. The lowest BCUT2D eigenvalue weighted by atomic mass is 9.99. The zero-order valence-electron chi connectivity index (χ0n) is 10.5. The van der Waals surface area contributed by atoms with Crippen molar-refractivity contribution in [3.05, 3.63) is 27.3 Å².